The first-order valence-electron chi connectivity index (χ1n) is 6.03. The highest BCUT2D eigenvalue weighted by Crippen LogP contribution is 2.15. The number of carbonyl (C=O) groups is 1. The lowest BCUT2D eigenvalue weighted by atomic mass is 10.3. The van der Waals surface area contributed by atoms with Gasteiger partial charge in [-0.15, -0.1) is 11.3 Å². The molecule has 17 heavy (non-hydrogen) atoms. The van der Waals surface area contributed by atoms with Gasteiger partial charge in [-0.25, -0.2) is 4.98 Å². The molecule has 1 amide bonds. The molecule has 5 heteroatoms. The number of nitrogens with zero attached hydrogens (tertiary/aromatic N) is 1. The third-order valence-electron chi connectivity index (χ3n) is 2.45. The molecule has 0 unspecified atom stereocenters. The molecule has 0 spiro atoms. The molecule has 1 aromatic heterocycles. The Bertz CT molecular complexity index is 343. The first-order valence-corrected chi connectivity index (χ1v) is 6.85. The minimum atomic E-state index is 0.117. The van der Waals surface area contributed by atoms with E-state index in [1.165, 1.54) is 4.88 Å². The van der Waals surface area contributed by atoms with Crippen LogP contribution in [0.3, 0.4) is 0 Å². The van der Waals surface area contributed by atoms with Crippen LogP contribution in [0.25, 0.3) is 0 Å². The van der Waals surface area contributed by atoms with Gasteiger partial charge in [-0.3, -0.25) is 4.79 Å². The molecule has 0 aliphatic rings. The topological polar surface area (TPSA) is 54.0 Å². The molecule has 0 radical (unpaired) electrons. The van der Waals surface area contributed by atoms with Crippen LogP contribution in [0.2, 0.25) is 0 Å². The second-order valence-electron chi connectivity index (χ2n) is 4.03. The van der Waals surface area contributed by atoms with E-state index in [4.69, 9.17) is 0 Å². The molecule has 1 rings (SSSR count). The largest absolute Gasteiger partial charge is 0.356 e. The van der Waals surface area contributed by atoms with E-state index in [9.17, 15) is 4.79 Å². The van der Waals surface area contributed by atoms with Gasteiger partial charge in [0.1, 0.15) is 5.01 Å². The fourth-order valence-corrected chi connectivity index (χ4v) is 2.27. The number of aryl methyl sites for hydroxylation is 2. The van der Waals surface area contributed by atoms with Gasteiger partial charge in [-0.1, -0.05) is 6.92 Å². The monoisotopic (exact) mass is 255 g/mol. The Morgan fingerprint density at radius 3 is 2.71 bits per heavy atom. The first kappa shape index (κ1) is 14.1. The summed E-state index contributed by atoms with van der Waals surface area (Å²) in [7, 11) is 0. The summed E-state index contributed by atoms with van der Waals surface area (Å²) in [4.78, 5) is 17.0. The Morgan fingerprint density at radius 2 is 2.12 bits per heavy atom. The van der Waals surface area contributed by atoms with Gasteiger partial charge in [0.2, 0.25) is 5.91 Å². The van der Waals surface area contributed by atoms with Crippen molar-refractivity contribution >= 4 is 17.2 Å². The van der Waals surface area contributed by atoms with Gasteiger partial charge in [0, 0.05) is 30.9 Å². The second-order valence-corrected chi connectivity index (χ2v) is 5.31. The van der Waals surface area contributed by atoms with Crippen molar-refractivity contribution in [3.05, 3.63) is 15.6 Å². The van der Waals surface area contributed by atoms with Crippen molar-refractivity contribution in [1.82, 2.24) is 15.6 Å². The highest BCUT2D eigenvalue weighted by atomic mass is 32.1. The molecular formula is C12H21N3OS. The van der Waals surface area contributed by atoms with Crippen LogP contribution in [0, 0.1) is 13.8 Å². The molecule has 96 valence electrons. The van der Waals surface area contributed by atoms with Crippen LogP contribution in [-0.4, -0.2) is 24.0 Å². The smallest absolute Gasteiger partial charge is 0.221 e. The third kappa shape index (κ3) is 5.28. The average Bonchev–Trinajstić information content (AvgIpc) is 2.61. The number of aromatic nitrogens is 1. The fraction of sp³-hybridized carbons (Fsp3) is 0.667. The van der Waals surface area contributed by atoms with Crippen molar-refractivity contribution in [3.8, 4) is 0 Å². The van der Waals surface area contributed by atoms with E-state index < -0.39 is 0 Å². The predicted molar refractivity (Wildman–Crippen MR) is 71.2 cm³/mol. The number of hydrogen-bond donors (Lipinski definition) is 2. The molecule has 0 aliphatic carbocycles. The molecule has 0 bridgehead atoms. The maximum absolute atomic E-state index is 11.3. The van der Waals surface area contributed by atoms with E-state index in [1.54, 1.807) is 11.3 Å². The van der Waals surface area contributed by atoms with Gasteiger partial charge in [0.15, 0.2) is 0 Å². The lowest BCUT2D eigenvalue weighted by Gasteiger charge is -2.04. The maximum Gasteiger partial charge on any atom is 0.221 e. The molecule has 0 saturated heterocycles. The summed E-state index contributed by atoms with van der Waals surface area (Å²) < 4.78 is 0. The van der Waals surface area contributed by atoms with Crippen LogP contribution in [0.15, 0.2) is 0 Å². The van der Waals surface area contributed by atoms with Gasteiger partial charge >= 0.3 is 0 Å². The van der Waals surface area contributed by atoms with Crippen molar-refractivity contribution in [3.63, 3.8) is 0 Å². The molecule has 1 heterocycles. The van der Waals surface area contributed by atoms with E-state index in [-0.39, 0.29) is 5.91 Å². The van der Waals surface area contributed by atoms with Crippen LogP contribution < -0.4 is 10.6 Å². The summed E-state index contributed by atoms with van der Waals surface area (Å²) in [6, 6.07) is 0. The average molecular weight is 255 g/mol. The van der Waals surface area contributed by atoms with E-state index >= 15 is 0 Å². The summed E-state index contributed by atoms with van der Waals surface area (Å²) in [6.07, 6.45) is 1.51. The molecule has 0 atom stereocenters. The van der Waals surface area contributed by atoms with Gasteiger partial charge in [0.25, 0.3) is 0 Å². The van der Waals surface area contributed by atoms with Gasteiger partial charge in [0.05, 0.1) is 5.69 Å². The minimum Gasteiger partial charge on any atom is -0.356 e. The van der Waals surface area contributed by atoms with Gasteiger partial charge in [-0.2, -0.15) is 0 Å². The molecule has 2 N–H and O–H groups in total. The first-order chi connectivity index (χ1) is 8.13. The van der Waals surface area contributed by atoms with E-state index in [2.05, 4.69) is 22.5 Å². The highest BCUT2D eigenvalue weighted by molar-refractivity contribution is 7.11. The molecule has 4 nitrogen and oxygen atoms in total. The lowest BCUT2D eigenvalue weighted by Crippen LogP contribution is -2.27. The molecule has 0 fully saturated rings. The summed E-state index contributed by atoms with van der Waals surface area (Å²) >= 11 is 1.71. The molecule has 1 aromatic rings. The molecular weight excluding hydrogens is 234 g/mol. The highest BCUT2D eigenvalue weighted by Gasteiger charge is 2.03. The van der Waals surface area contributed by atoms with Crippen molar-refractivity contribution in [2.24, 2.45) is 0 Å². The van der Waals surface area contributed by atoms with Crippen molar-refractivity contribution < 1.29 is 4.79 Å². The number of rotatable bonds is 7. The SMILES string of the molecule is CCCNC(=O)CCNCc1nc(C)c(C)s1. The van der Waals surface area contributed by atoms with Crippen LogP contribution in [0.1, 0.15) is 35.3 Å². The van der Waals surface area contributed by atoms with Crippen molar-refractivity contribution in [1.29, 1.82) is 0 Å². The normalized spacial score (nSPS) is 10.5. The van der Waals surface area contributed by atoms with Crippen LogP contribution >= 0.6 is 11.3 Å². The zero-order valence-corrected chi connectivity index (χ0v) is 11.6. The number of nitrogens with one attached hydrogen (secondary N) is 2. The zero-order valence-electron chi connectivity index (χ0n) is 10.8. The predicted octanol–water partition coefficient (Wildman–Crippen LogP) is 1.77. The zero-order chi connectivity index (χ0) is 12.7. The van der Waals surface area contributed by atoms with Gasteiger partial charge in [-0.05, 0) is 20.3 Å². The van der Waals surface area contributed by atoms with E-state index in [0.717, 1.165) is 30.2 Å². The summed E-state index contributed by atoms with van der Waals surface area (Å²) in [5.74, 6) is 0.117. The van der Waals surface area contributed by atoms with Gasteiger partial charge < -0.3 is 10.6 Å². The number of carbonyl (C=O) groups excluding carboxylic acids is 1. The number of thiazole rings is 1. The minimum absolute atomic E-state index is 0.117. The number of hydrogen-bond acceptors (Lipinski definition) is 4. The summed E-state index contributed by atoms with van der Waals surface area (Å²) in [5, 5.41) is 7.18. The Hall–Kier alpha value is -0.940. The summed E-state index contributed by atoms with van der Waals surface area (Å²) in [6.45, 7) is 8.37. The Morgan fingerprint density at radius 1 is 1.35 bits per heavy atom. The molecule has 0 aromatic carbocycles. The molecule has 0 aliphatic heterocycles. The molecule has 0 saturated carbocycles. The van der Waals surface area contributed by atoms with Crippen LogP contribution in [-0.2, 0) is 11.3 Å². The third-order valence-corrected chi connectivity index (χ3v) is 3.52. The standard InChI is InChI=1S/C12H21N3OS/c1-4-6-14-11(16)5-7-13-8-12-15-9(2)10(3)17-12/h13H,4-8H2,1-3H3,(H,14,16). The van der Waals surface area contributed by atoms with Crippen LogP contribution in [0.5, 0.6) is 0 Å². The fourth-order valence-electron chi connectivity index (χ4n) is 1.36. The van der Waals surface area contributed by atoms with E-state index in [0.29, 0.717) is 13.0 Å². The van der Waals surface area contributed by atoms with Crippen molar-refractivity contribution in [2.75, 3.05) is 13.1 Å². The maximum atomic E-state index is 11.3. The Kier molecular flexibility index (Phi) is 6.15. The Labute approximate surface area is 107 Å². The summed E-state index contributed by atoms with van der Waals surface area (Å²) in [5.41, 5.74) is 1.10. The second kappa shape index (κ2) is 7.40. The van der Waals surface area contributed by atoms with E-state index in [1.807, 2.05) is 13.8 Å². The quantitative estimate of drug-likeness (QED) is 0.730. The Balaban J connectivity index is 2.14. The lowest BCUT2D eigenvalue weighted by molar-refractivity contribution is -0.120. The van der Waals surface area contributed by atoms with Crippen LogP contribution in [0.4, 0.5) is 0 Å². The van der Waals surface area contributed by atoms with Crippen molar-refractivity contribution in [2.45, 2.75) is 40.2 Å². The number of amides is 1.